The lowest BCUT2D eigenvalue weighted by molar-refractivity contribution is -0.139. The third kappa shape index (κ3) is 7.64. The minimum absolute atomic E-state index is 0.0975. The zero-order valence-corrected chi connectivity index (χ0v) is 20.8. The molecule has 0 aromatic heterocycles. The van der Waals surface area contributed by atoms with Crippen LogP contribution < -0.4 is 14.4 Å². The molecule has 0 saturated carbocycles. The maximum Gasteiger partial charge on any atom is 0.244 e. The van der Waals surface area contributed by atoms with Crippen LogP contribution in [-0.2, 0) is 26.2 Å². The number of hydrogen-bond donors (Lipinski definition) is 1. The molecule has 2 aromatic carbocycles. The van der Waals surface area contributed by atoms with Crippen molar-refractivity contribution in [2.45, 2.75) is 32.9 Å². The molecule has 0 aliphatic carbocycles. The van der Waals surface area contributed by atoms with Crippen molar-refractivity contribution in [1.29, 1.82) is 0 Å². The largest absolute Gasteiger partial charge is 0.497 e. The Bertz CT molecular complexity index is 1060. The first kappa shape index (κ1) is 26.5. The first-order valence-electron chi connectivity index (χ1n) is 10.5. The van der Waals surface area contributed by atoms with Gasteiger partial charge in [0.1, 0.15) is 18.3 Å². The van der Waals surface area contributed by atoms with Crippen LogP contribution in [0.3, 0.4) is 0 Å². The molecule has 180 valence electrons. The molecule has 1 unspecified atom stereocenters. The van der Waals surface area contributed by atoms with Gasteiger partial charge in [0, 0.05) is 18.1 Å². The second-order valence-electron chi connectivity index (χ2n) is 7.59. The lowest BCUT2D eigenvalue weighted by Gasteiger charge is -2.31. The van der Waals surface area contributed by atoms with Gasteiger partial charge in [-0.25, -0.2) is 8.42 Å². The third-order valence-electron chi connectivity index (χ3n) is 5.00. The van der Waals surface area contributed by atoms with E-state index in [1.165, 1.54) is 12.0 Å². The van der Waals surface area contributed by atoms with Crippen LogP contribution in [-0.4, -0.2) is 57.6 Å². The molecule has 0 heterocycles. The van der Waals surface area contributed by atoms with Gasteiger partial charge in [-0.2, -0.15) is 0 Å². The highest BCUT2D eigenvalue weighted by Gasteiger charge is 2.30. The quantitative estimate of drug-likeness (QED) is 0.517. The van der Waals surface area contributed by atoms with E-state index in [0.29, 0.717) is 23.0 Å². The monoisotopic (exact) mass is 495 g/mol. The number of halogens is 1. The topological polar surface area (TPSA) is 96.0 Å². The molecular weight excluding hydrogens is 466 g/mol. The molecule has 0 bridgehead atoms. The SMILES string of the molecule is CCCNC(=O)C(C)N(Cc1cccc(Cl)c1)C(=O)CN(c1ccc(OC)cc1)S(C)(=O)=O. The Morgan fingerprint density at radius 3 is 2.36 bits per heavy atom. The van der Waals surface area contributed by atoms with Crippen LogP contribution in [0.2, 0.25) is 5.02 Å². The minimum atomic E-state index is -3.78. The van der Waals surface area contributed by atoms with Crippen molar-refractivity contribution in [3.05, 3.63) is 59.1 Å². The number of hydrogen-bond acceptors (Lipinski definition) is 5. The number of nitrogens with zero attached hydrogens (tertiary/aromatic N) is 2. The normalized spacial score (nSPS) is 12.0. The highest BCUT2D eigenvalue weighted by atomic mass is 35.5. The van der Waals surface area contributed by atoms with Crippen LogP contribution >= 0.6 is 11.6 Å². The first-order valence-corrected chi connectivity index (χ1v) is 12.7. The van der Waals surface area contributed by atoms with E-state index in [1.54, 1.807) is 55.5 Å². The molecule has 10 heteroatoms. The molecule has 1 N–H and O–H groups in total. The fraction of sp³-hybridized carbons (Fsp3) is 0.391. The van der Waals surface area contributed by atoms with Crippen LogP contribution in [0.1, 0.15) is 25.8 Å². The van der Waals surface area contributed by atoms with Gasteiger partial charge in [-0.3, -0.25) is 13.9 Å². The fourth-order valence-electron chi connectivity index (χ4n) is 3.17. The Hall–Kier alpha value is -2.78. The van der Waals surface area contributed by atoms with E-state index < -0.39 is 28.5 Å². The highest BCUT2D eigenvalue weighted by molar-refractivity contribution is 7.92. The lowest BCUT2D eigenvalue weighted by atomic mass is 10.1. The number of ether oxygens (including phenoxy) is 1. The molecule has 1 atom stereocenters. The minimum Gasteiger partial charge on any atom is -0.497 e. The average Bonchev–Trinajstić information content (AvgIpc) is 2.78. The maximum atomic E-state index is 13.4. The smallest absolute Gasteiger partial charge is 0.244 e. The van der Waals surface area contributed by atoms with Crippen molar-refractivity contribution in [3.63, 3.8) is 0 Å². The van der Waals surface area contributed by atoms with Crippen molar-refractivity contribution in [1.82, 2.24) is 10.2 Å². The predicted octanol–water partition coefficient (Wildman–Crippen LogP) is 3.06. The van der Waals surface area contributed by atoms with E-state index in [9.17, 15) is 18.0 Å². The summed E-state index contributed by atoms with van der Waals surface area (Å²) in [4.78, 5) is 27.4. The predicted molar refractivity (Wildman–Crippen MR) is 130 cm³/mol. The summed E-state index contributed by atoms with van der Waals surface area (Å²) < 4.78 is 31.2. The molecule has 8 nitrogen and oxygen atoms in total. The number of sulfonamides is 1. The lowest BCUT2D eigenvalue weighted by Crippen LogP contribution is -2.51. The second-order valence-corrected chi connectivity index (χ2v) is 9.93. The van der Waals surface area contributed by atoms with Crippen molar-refractivity contribution in [2.24, 2.45) is 0 Å². The summed E-state index contributed by atoms with van der Waals surface area (Å²) in [7, 11) is -2.28. The van der Waals surface area contributed by atoms with Gasteiger partial charge in [0.15, 0.2) is 0 Å². The van der Waals surface area contributed by atoms with Crippen LogP contribution in [0.15, 0.2) is 48.5 Å². The van der Waals surface area contributed by atoms with Crippen LogP contribution in [0, 0.1) is 0 Å². The average molecular weight is 496 g/mol. The zero-order chi connectivity index (χ0) is 24.6. The van der Waals surface area contributed by atoms with Crippen molar-refractivity contribution in [2.75, 3.05) is 30.8 Å². The summed E-state index contributed by atoms with van der Waals surface area (Å²) in [6.45, 7) is 3.66. The fourth-order valence-corrected chi connectivity index (χ4v) is 4.24. The molecule has 2 rings (SSSR count). The molecule has 0 radical (unpaired) electrons. The second kappa shape index (κ2) is 11.9. The van der Waals surface area contributed by atoms with E-state index in [4.69, 9.17) is 16.3 Å². The van der Waals surface area contributed by atoms with Gasteiger partial charge in [-0.05, 0) is 55.3 Å². The molecule has 0 spiro atoms. The summed E-state index contributed by atoms with van der Waals surface area (Å²) in [6, 6.07) is 12.5. The third-order valence-corrected chi connectivity index (χ3v) is 6.37. The van der Waals surface area contributed by atoms with Crippen molar-refractivity contribution in [3.8, 4) is 5.75 Å². The standard InChI is InChI=1S/C23H30ClN3O5S/c1-5-13-25-23(29)17(2)26(15-18-7-6-8-19(24)14-18)22(28)16-27(33(4,30)31)20-9-11-21(32-3)12-10-20/h6-12,14,17H,5,13,15-16H2,1-4H3,(H,25,29). The Labute approximate surface area is 200 Å². The van der Waals surface area contributed by atoms with Gasteiger partial charge >= 0.3 is 0 Å². The van der Waals surface area contributed by atoms with Crippen molar-refractivity contribution < 1.29 is 22.7 Å². The summed E-state index contributed by atoms with van der Waals surface area (Å²) in [5, 5.41) is 3.29. The van der Waals surface area contributed by atoms with Crippen LogP contribution in [0.4, 0.5) is 5.69 Å². The number of anilines is 1. The van der Waals surface area contributed by atoms with Gasteiger partial charge in [-0.1, -0.05) is 30.7 Å². The molecule has 0 aliphatic heterocycles. The van der Waals surface area contributed by atoms with Gasteiger partial charge in [0.25, 0.3) is 0 Å². The molecule has 2 amide bonds. The number of carbonyl (C=O) groups excluding carboxylic acids is 2. The molecule has 33 heavy (non-hydrogen) atoms. The van der Waals surface area contributed by atoms with Gasteiger partial charge in [0.05, 0.1) is 19.1 Å². The number of nitrogens with one attached hydrogen (secondary N) is 1. The first-order chi connectivity index (χ1) is 15.6. The Morgan fingerprint density at radius 1 is 1.15 bits per heavy atom. The van der Waals surface area contributed by atoms with E-state index in [-0.39, 0.29) is 12.5 Å². The van der Waals surface area contributed by atoms with E-state index in [0.717, 1.165) is 22.5 Å². The molecule has 2 aromatic rings. The molecule has 0 fully saturated rings. The highest BCUT2D eigenvalue weighted by Crippen LogP contribution is 2.22. The van der Waals surface area contributed by atoms with E-state index in [1.807, 2.05) is 6.92 Å². The Morgan fingerprint density at radius 2 is 1.82 bits per heavy atom. The van der Waals surface area contributed by atoms with Crippen molar-refractivity contribution >= 4 is 39.1 Å². The van der Waals surface area contributed by atoms with Crippen LogP contribution in [0.25, 0.3) is 0 Å². The summed E-state index contributed by atoms with van der Waals surface area (Å²) in [5.41, 5.74) is 1.04. The van der Waals surface area contributed by atoms with E-state index in [2.05, 4.69) is 5.32 Å². The molecular formula is C23H30ClN3O5S. The number of amides is 2. The zero-order valence-electron chi connectivity index (χ0n) is 19.2. The number of rotatable bonds is 11. The van der Waals surface area contributed by atoms with Gasteiger partial charge < -0.3 is 15.0 Å². The van der Waals surface area contributed by atoms with Crippen LogP contribution in [0.5, 0.6) is 5.75 Å². The number of carbonyl (C=O) groups is 2. The summed E-state index contributed by atoms with van der Waals surface area (Å²) >= 11 is 6.09. The van der Waals surface area contributed by atoms with Gasteiger partial charge in [-0.15, -0.1) is 0 Å². The molecule has 0 saturated heterocycles. The number of methoxy groups -OCH3 is 1. The maximum absolute atomic E-state index is 13.4. The van der Waals surface area contributed by atoms with Gasteiger partial charge in [0.2, 0.25) is 21.8 Å². The number of benzene rings is 2. The summed E-state index contributed by atoms with van der Waals surface area (Å²) in [5.74, 6) is -0.278. The summed E-state index contributed by atoms with van der Waals surface area (Å²) in [6.07, 6.45) is 1.78. The Balaban J connectivity index is 2.36. The molecule has 0 aliphatic rings. The Kier molecular flexibility index (Phi) is 9.55. The van der Waals surface area contributed by atoms with E-state index >= 15 is 0 Å².